The summed E-state index contributed by atoms with van der Waals surface area (Å²) in [5.41, 5.74) is 2.75. The Morgan fingerprint density at radius 3 is 2.00 bits per heavy atom. The maximum absolute atomic E-state index is 5.97. The van der Waals surface area contributed by atoms with E-state index in [1.54, 1.807) is 7.11 Å². The van der Waals surface area contributed by atoms with Crippen molar-refractivity contribution in [1.29, 1.82) is 0 Å². The van der Waals surface area contributed by atoms with Gasteiger partial charge in [0.15, 0.2) is 0 Å². The highest BCUT2D eigenvalue weighted by atomic mass is 16.5. The smallest absolute Gasteiger partial charge is 0.0704 e. The summed E-state index contributed by atoms with van der Waals surface area (Å²) >= 11 is 0. The first kappa shape index (κ1) is 18.1. The van der Waals surface area contributed by atoms with Crippen LogP contribution in [0.25, 0.3) is 0 Å². The van der Waals surface area contributed by atoms with E-state index >= 15 is 0 Å². The highest BCUT2D eigenvalue weighted by molar-refractivity contribution is 5.17. The number of hydrogen-bond acceptors (Lipinski definition) is 3. The molecule has 0 bridgehead atoms. The van der Waals surface area contributed by atoms with Crippen molar-refractivity contribution in [3.8, 4) is 0 Å². The summed E-state index contributed by atoms with van der Waals surface area (Å²) in [4.78, 5) is 2.62. The van der Waals surface area contributed by atoms with Gasteiger partial charge in [0.1, 0.15) is 0 Å². The topological polar surface area (TPSA) is 21.7 Å². The van der Waals surface area contributed by atoms with Crippen LogP contribution >= 0.6 is 0 Å². The van der Waals surface area contributed by atoms with Gasteiger partial charge in [0.05, 0.1) is 19.3 Å². The second-order valence-electron chi connectivity index (χ2n) is 6.83. The number of hydrogen-bond donors (Lipinski definition) is 0. The molecule has 0 radical (unpaired) electrons. The van der Waals surface area contributed by atoms with Gasteiger partial charge >= 0.3 is 0 Å². The van der Waals surface area contributed by atoms with Crippen LogP contribution in [-0.4, -0.2) is 37.4 Å². The average Bonchev–Trinajstić information content (AvgIpc) is 3.12. The number of ether oxygens (including phenoxy) is 2. The van der Waals surface area contributed by atoms with Gasteiger partial charge in [-0.2, -0.15) is 0 Å². The van der Waals surface area contributed by atoms with E-state index in [0.29, 0.717) is 25.4 Å². The largest absolute Gasteiger partial charge is 0.382 e. The van der Waals surface area contributed by atoms with Crippen LogP contribution in [0.3, 0.4) is 0 Å². The fraction of sp³-hybridized carbons (Fsp3) is 0.455. The van der Waals surface area contributed by atoms with Gasteiger partial charge in [-0.3, -0.25) is 4.90 Å². The van der Waals surface area contributed by atoms with Crippen molar-refractivity contribution >= 4 is 0 Å². The third kappa shape index (κ3) is 5.67. The second kappa shape index (κ2) is 9.71. The average molecular weight is 339 g/mol. The summed E-state index contributed by atoms with van der Waals surface area (Å²) in [6.45, 7) is 3.36. The lowest BCUT2D eigenvalue weighted by molar-refractivity contribution is 0.0163. The molecule has 0 spiro atoms. The fourth-order valence-corrected chi connectivity index (χ4v) is 3.65. The fourth-order valence-electron chi connectivity index (χ4n) is 3.65. The Balaban J connectivity index is 1.64. The van der Waals surface area contributed by atoms with Gasteiger partial charge in [0.2, 0.25) is 0 Å². The van der Waals surface area contributed by atoms with Crippen molar-refractivity contribution in [3.05, 3.63) is 71.8 Å². The van der Waals surface area contributed by atoms with E-state index in [4.69, 9.17) is 9.47 Å². The van der Waals surface area contributed by atoms with Gasteiger partial charge in [-0.25, -0.2) is 0 Å². The Morgan fingerprint density at radius 1 is 0.840 bits per heavy atom. The molecule has 0 aromatic heterocycles. The van der Waals surface area contributed by atoms with Crippen LogP contribution in [0.4, 0.5) is 0 Å². The van der Waals surface area contributed by atoms with E-state index in [2.05, 4.69) is 65.6 Å². The van der Waals surface area contributed by atoms with Crippen LogP contribution in [0.5, 0.6) is 0 Å². The van der Waals surface area contributed by atoms with Crippen molar-refractivity contribution in [2.24, 2.45) is 0 Å². The summed E-state index contributed by atoms with van der Waals surface area (Å²) < 4.78 is 11.1. The highest BCUT2D eigenvalue weighted by Gasteiger charge is 2.29. The molecule has 1 saturated carbocycles. The first-order valence-electron chi connectivity index (χ1n) is 9.27. The van der Waals surface area contributed by atoms with E-state index in [-0.39, 0.29) is 0 Å². The van der Waals surface area contributed by atoms with Crippen molar-refractivity contribution in [2.75, 3.05) is 20.3 Å². The Labute approximate surface area is 151 Å². The van der Waals surface area contributed by atoms with Crippen molar-refractivity contribution in [3.63, 3.8) is 0 Å². The summed E-state index contributed by atoms with van der Waals surface area (Å²) in [6.07, 6.45) is 3.84. The van der Waals surface area contributed by atoms with Crippen molar-refractivity contribution in [2.45, 2.75) is 44.5 Å². The van der Waals surface area contributed by atoms with Crippen molar-refractivity contribution < 1.29 is 9.47 Å². The van der Waals surface area contributed by atoms with E-state index < -0.39 is 0 Å². The second-order valence-corrected chi connectivity index (χ2v) is 6.83. The molecule has 1 aliphatic rings. The molecule has 0 amide bonds. The lowest BCUT2D eigenvalue weighted by Gasteiger charge is -2.29. The molecule has 2 atom stereocenters. The third-order valence-electron chi connectivity index (χ3n) is 4.97. The molecule has 3 nitrogen and oxygen atoms in total. The van der Waals surface area contributed by atoms with Gasteiger partial charge in [0, 0.05) is 26.2 Å². The zero-order valence-electron chi connectivity index (χ0n) is 15.1. The Hall–Kier alpha value is -1.68. The molecule has 2 unspecified atom stereocenters. The molecule has 2 aromatic carbocycles. The maximum Gasteiger partial charge on any atom is 0.0704 e. The molecule has 0 N–H and O–H groups in total. The Morgan fingerprint density at radius 2 is 1.44 bits per heavy atom. The minimum absolute atomic E-state index is 0.370. The van der Waals surface area contributed by atoms with Gasteiger partial charge in [-0.1, -0.05) is 60.7 Å². The van der Waals surface area contributed by atoms with Gasteiger partial charge < -0.3 is 9.47 Å². The van der Waals surface area contributed by atoms with Crippen LogP contribution in [0.2, 0.25) is 0 Å². The van der Waals surface area contributed by atoms with Crippen LogP contribution in [0.1, 0.15) is 30.4 Å². The van der Waals surface area contributed by atoms with Gasteiger partial charge in [-0.15, -0.1) is 0 Å². The predicted molar refractivity (Wildman–Crippen MR) is 101 cm³/mol. The molecule has 2 aromatic rings. The van der Waals surface area contributed by atoms with E-state index in [0.717, 1.165) is 25.9 Å². The van der Waals surface area contributed by atoms with E-state index in [1.807, 2.05) is 0 Å². The number of nitrogens with zero attached hydrogens (tertiary/aromatic N) is 1. The van der Waals surface area contributed by atoms with E-state index in [9.17, 15) is 0 Å². The minimum Gasteiger partial charge on any atom is -0.382 e. The molecule has 0 aliphatic heterocycles. The molecule has 25 heavy (non-hydrogen) atoms. The molecule has 0 heterocycles. The Kier molecular flexibility index (Phi) is 7.04. The van der Waals surface area contributed by atoms with Crippen LogP contribution in [0.15, 0.2) is 60.7 Å². The maximum atomic E-state index is 5.97. The number of benzene rings is 2. The van der Waals surface area contributed by atoms with Gasteiger partial charge in [0.25, 0.3) is 0 Å². The normalized spacial score (nSPS) is 20.2. The SMILES string of the molecule is COCCOC1CCC(N(Cc2ccccc2)Cc2ccccc2)C1. The predicted octanol–water partition coefficient (Wildman–Crippen LogP) is 4.27. The van der Waals surface area contributed by atoms with Crippen LogP contribution < -0.4 is 0 Å². The lowest BCUT2D eigenvalue weighted by Crippen LogP contribution is -2.33. The van der Waals surface area contributed by atoms with Gasteiger partial charge in [-0.05, 0) is 30.4 Å². The molecule has 0 saturated heterocycles. The quantitative estimate of drug-likeness (QED) is 0.637. The summed E-state index contributed by atoms with van der Waals surface area (Å²) in [5, 5.41) is 0. The number of methoxy groups -OCH3 is 1. The van der Waals surface area contributed by atoms with E-state index in [1.165, 1.54) is 17.5 Å². The molecular weight excluding hydrogens is 310 g/mol. The van der Waals surface area contributed by atoms with Crippen LogP contribution in [-0.2, 0) is 22.6 Å². The first-order chi connectivity index (χ1) is 12.3. The molecular formula is C22H29NO2. The summed E-state index contributed by atoms with van der Waals surface area (Å²) in [6, 6.07) is 22.1. The third-order valence-corrected chi connectivity index (χ3v) is 4.97. The molecule has 134 valence electrons. The summed E-state index contributed by atoms with van der Waals surface area (Å²) in [5.74, 6) is 0. The lowest BCUT2D eigenvalue weighted by atomic mass is 10.1. The monoisotopic (exact) mass is 339 g/mol. The molecule has 1 fully saturated rings. The van der Waals surface area contributed by atoms with Crippen LogP contribution in [0, 0.1) is 0 Å². The molecule has 1 aliphatic carbocycles. The Bertz CT molecular complexity index is 560. The zero-order chi connectivity index (χ0) is 17.3. The first-order valence-corrected chi connectivity index (χ1v) is 9.27. The number of rotatable bonds is 9. The highest BCUT2D eigenvalue weighted by Crippen LogP contribution is 2.29. The minimum atomic E-state index is 0.370. The zero-order valence-corrected chi connectivity index (χ0v) is 15.1. The van der Waals surface area contributed by atoms with Crippen molar-refractivity contribution in [1.82, 2.24) is 4.90 Å². The molecule has 3 heteroatoms. The standard InChI is InChI=1S/C22H29NO2/c1-24-14-15-25-22-13-12-21(16-22)23(17-19-8-4-2-5-9-19)18-20-10-6-3-7-11-20/h2-11,21-22H,12-18H2,1H3. The summed E-state index contributed by atoms with van der Waals surface area (Å²) in [7, 11) is 1.72. The molecule has 3 rings (SSSR count).